The fourth-order valence-corrected chi connectivity index (χ4v) is 2.92. The summed E-state index contributed by atoms with van der Waals surface area (Å²) in [6, 6.07) is 0.642. The monoisotopic (exact) mass is 257 g/mol. The highest BCUT2D eigenvalue weighted by molar-refractivity contribution is 4.93. The van der Waals surface area contributed by atoms with E-state index in [2.05, 4.69) is 30.7 Å². The topological polar surface area (TPSA) is 41.7 Å². The Morgan fingerprint density at radius 1 is 1.33 bits per heavy atom. The standard InChI is InChI=1S/C14H31N3O/c1-13(2)17-8-5-6-14(12-15,7-9-17)16(3)10-11-18-4/h13H,5-12,15H2,1-4H3. The summed E-state index contributed by atoms with van der Waals surface area (Å²) in [6.07, 6.45) is 3.61. The van der Waals surface area contributed by atoms with Gasteiger partial charge in [-0.2, -0.15) is 0 Å². The minimum atomic E-state index is 0.169. The first kappa shape index (κ1) is 15.9. The number of ether oxygens (including phenoxy) is 1. The van der Waals surface area contributed by atoms with Crippen LogP contribution in [0.4, 0.5) is 0 Å². The molecule has 18 heavy (non-hydrogen) atoms. The Kier molecular flexibility index (Phi) is 6.57. The van der Waals surface area contributed by atoms with Gasteiger partial charge in [-0.1, -0.05) is 0 Å². The van der Waals surface area contributed by atoms with E-state index in [0.717, 1.165) is 26.2 Å². The van der Waals surface area contributed by atoms with E-state index < -0.39 is 0 Å². The summed E-state index contributed by atoms with van der Waals surface area (Å²) in [7, 11) is 3.95. The number of methoxy groups -OCH3 is 1. The van der Waals surface area contributed by atoms with Crippen molar-refractivity contribution in [3.8, 4) is 0 Å². The maximum Gasteiger partial charge on any atom is 0.0589 e. The molecule has 1 saturated heterocycles. The highest BCUT2D eigenvalue weighted by Gasteiger charge is 2.35. The summed E-state index contributed by atoms with van der Waals surface area (Å²) >= 11 is 0. The lowest BCUT2D eigenvalue weighted by molar-refractivity contribution is 0.0707. The molecule has 0 radical (unpaired) electrons. The Morgan fingerprint density at radius 3 is 2.61 bits per heavy atom. The van der Waals surface area contributed by atoms with Crippen LogP contribution in [-0.2, 0) is 4.74 Å². The zero-order valence-electron chi connectivity index (χ0n) is 12.6. The number of hydrogen-bond donors (Lipinski definition) is 1. The van der Waals surface area contributed by atoms with Crippen molar-refractivity contribution in [2.24, 2.45) is 5.73 Å². The van der Waals surface area contributed by atoms with Gasteiger partial charge in [0.05, 0.1) is 6.61 Å². The summed E-state index contributed by atoms with van der Waals surface area (Å²) in [6.45, 7) is 9.43. The molecule has 1 heterocycles. The lowest BCUT2D eigenvalue weighted by Gasteiger charge is -2.41. The van der Waals surface area contributed by atoms with E-state index in [4.69, 9.17) is 10.5 Å². The molecule has 0 amide bonds. The van der Waals surface area contributed by atoms with Crippen LogP contribution in [0.2, 0.25) is 0 Å². The van der Waals surface area contributed by atoms with E-state index in [1.807, 2.05) is 0 Å². The summed E-state index contributed by atoms with van der Waals surface area (Å²) in [5.41, 5.74) is 6.27. The molecule has 108 valence electrons. The quantitative estimate of drug-likeness (QED) is 0.775. The Bertz CT molecular complexity index is 235. The predicted octanol–water partition coefficient (Wildman–Crippen LogP) is 1.16. The normalized spacial score (nSPS) is 26.8. The molecule has 4 nitrogen and oxygen atoms in total. The average molecular weight is 257 g/mol. The van der Waals surface area contributed by atoms with Crippen LogP contribution >= 0.6 is 0 Å². The molecule has 1 fully saturated rings. The number of likely N-dealkylation sites (N-methyl/N-ethyl adjacent to an activating group) is 1. The van der Waals surface area contributed by atoms with Crippen LogP contribution in [0, 0.1) is 0 Å². The second-order valence-corrected chi connectivity index (χ2v) is 5.83. The molecule has 0 aromatic heterocycles. The van der Waals surface area contributed by atoms with Crippen LogP contribution in [0.25, 0.3) is 0 Å². The average Bonchev–Trinajstić information content (AvgIpc) is 2.59. The number of likely N-dealkylation sites (tertiary alicyclic amines) is 1. The van der Waals surface area contributed by atoms with Gasteiger partial charge in [0.15, 0.2) is 0 Å². The molecular formula is C14H31N3O. The van der Waals surface area contributed by atoms with Crippen molar-refractivity contribution in [1.29, 1.82) is 0 Å². The summed E-state index contributed by atoms with van der Waals surface area (Å²) < 4.78 is 5.19. The summed E-state index contributed by atoms with van der Waals surface area (Å²) in [4.78, 5) is 4.99. The van der Waals surface area contributed by atoms with Crippen molar-refractivity contribution >= 4 is 0 Å². The van der Waals surface area contributed by atoms with Crippen molar-refractivity contribution in [1.82, 2.24) is 9.80 Å². The number of nitrogens with two attached hydrogens (primary N) is 1. The van der Waals surface area contributed by atoms with Crippen molar-refractivity contribution in [2.45, 2.75) is 44.7 Å². The first-order valence-electron chi connectivity index (χ1n) is 7.20. The molecule has 0 aromatic rings. The van der Waals surface area contributed by atoms with Gasteiger partial charge in [0, 0.05) is 38.3 Å². The Labute approximate surface area is 112 Å². The molecule has 2 N–H and O–H groups in total. The fraction of sp³-hybridized carbons (Fsp3) is 1.00. The van der Waals surface area contributed by atoms with E-state index in [0.29, 0.717) is 6.04 Å². The summed E-state index contributed by atoms with van der Waals surface area (Å²) in [5, 5.41) is 0. The van der Waals surface area contributed by atoms with E-state index in [1.165, 1.54) is 25.8 Å². The highest BCUT2D eigenvalue weighted by Crippen LogP contribution is 2.27. The minimum absolute atomic E-state index is 0.169. The third kappa shape index (κ3) is 3.92. The van der Waals surface area contributed by atoms with Gasteiger partial charge in [-0.15, -0.1) is 0 Å². The third-order valence-corrected chi connectivity index (χ3v) is 4.50. The first-order valence-corrected chi connectivity index (χ1v) is 7.20. The van der Waals surface area contributed by atoms with Crippen molar-refractivity contribution in [3.63, 3.8) is 0 Å². The smallest absolute Gasteiger partial charge is 0.0589 e. The van der Waals surface area contributed by atoms with Crippen LogP contribution in [0.3, 0.4) is 0 Å². The van der Waals surface area contributed by atoms with E-state index in [-0.39, 0.29) is 5.54 Å². The Morgan fingerprint density at radius 2 is 2.06 bits per heavy atom. The molecule has 0 spiro atoms. The molecule has 1 aliphatic rings. The molecule has 1 rings (SSSR count). The van der Waals surface area contributed by atoms with Gasteiger partial charge >= 0.3 is 0 Å². The molecule has 4 heteroatoms. The van der Waals surface area contributed by atoms with Gasteiger partial charge in [0.1, 0.15) is 0 Å². The zero-order chi connectivity index (χ0) is 13.6. The van der Waals surface area contributed by atoms with Gasteiger partial charge in [0.25, 0.3) is 0 Å². The lowest BCUT2D eigenvalue weighted by atomic mass is 9.89. The van der Waals surface area contributed by atoms with Crippen LogP contribution < -0.4 is 5.73 Å². The summed E-state index contributed by atoms with van der Waals surface area (Å²) in [5.74, 6) is 0. The first-order chi connectivity index (χ1) is 8.55. The predicted molar refractivity (Wildman–Crippen MR) is 76.9 cm³/mol. The number of nitrogens with zero attached hydrogens (tertiary/aromatic N) is 2. The van der Waals surface area contributed by atoms with Crippen molar-refractivity contribution in [2.75, 3.05) is 46.9 Å². The van der Waals surface area contributed by atoms with Crippen molar-refractivity contribution < 1.29 is 4.74 Å². The Hall–Kier alpha value is -0.160. The fourth-order valence-electron chi connectivity index (χ4n) is 2.92. The molecule has 0 aromatic carbocycles. The molecule has 1 aliphatic heterocycles. The van der Waals surface area contributed by atoms with Crippen LogP contribution in [0.1, 0.15) is 33.1 Å². The number of rotatable bonds is 6. The largest absolute Gasteiger partial charge is 0.383 e. The maximum atomic E-state index is 6.10. The van der Waals surface area contributed by atoms with Gasteiger partial charge < -0.3 is 15.4 Å². The highest BCUT2D eigenvalue weighted by atomic mass is 16.5. The lowest BCUT2D eigenvalue weighted by Crippen LogP contribution is -2.53. The minimum Gasteiger partial charge on any atom is -0.383 e. The van der Waals surface area contributed by atoms with Crippen LogP contribution in [0.5, 0.6) is 0 Å². The Balaban J connectivity index is 2.63. The second kappa shape index (κ2) is 7.43. The van der Waals surface area contributed by atoms with Crippen LogP contribution in [0.15, 0.2) is 0 Å². The molecule has 1 unspecified atom stereocenters. The van der Waals surface area contributed by atoms with Gasteiger partial charge in [-0.3, -0.25) is 4.90 Å². The van der Waals surface area contributed by atoms with Gasteiger partial charge in [-0.25, -0.2) is 0 Å². The number of hydrogen-bond acceptors (Lipinski definition) is 4. The van der Waals surface area contributed by atoms with E-state index in [9.17, 15) is 0 Å². The maximum absolute atomic E-state index is 6.10. The van der Waals surface area contributed by atoms with Gasteiger partial charge in [-0.05, 0) is 46.7 Å². The van der Waals surface area contributed by atoms with E-state index >= 15 is 0 Å². The SMILES string of the molecule is COCCN(C)C1(CN)CCCN(C(C)C)CC1. The second-order valence-electron chi connectivity index (χ2n) is 5.83. The molecular weight excluding hydrogens is 226 g/mol. The zero-order valence-corrected chi connectivity index (χ0v) is 12.6. The molecule has 0 bridgehead atoms. The molecule has 0 saturated carbocycles. The van der Waals surface area contributed by atoms with Crippen LogP contribution in [-0.4, -0.2) is 68.3 Å². The molecule has 1 atom stereocenters. The third-order valence-electron chi connectivity index (χ3n) is 4.50. The van der Waals surface area contributed by atoms with Gasteiger partial charge in [0.2, 0.25) is 0 Å². The van der Waals surface area contributed by atoms with E-state index in [1.54, 1.807) is 7.11 Å². The molecule has 0 aliphatic carbocycles. The van der Waals surface area contributed by atoms with Crippen molar-refractivity contribution in [3.05, 3.63) is 0 Å².